The molecule has 0 aliphatic carbocycles. The van der Waals surface area contributed by atoms with Crippen LogP contribution in [0.15, 0.2) is 18.2 Å². The molecule has 20 heavy (non-hydrogen) atoms. The van der Waals surface area contributed by atoms with E-state index in [-0.39, 0.29) is 0 Å². The summed E-state index contributed by atoms with van der Waals surface area (Å²) in [6, 6.07) is 5.71. The minimum atomic E-state index is -3.36. The highest BCUT2D eigenvalue weighted by molar-refractivity contribution is 7.87. The van der Waals surface area contributed by atoms with Crippen molar-refractivity contribution in [2.75, 3.05) is 33.9 Å². The molecule has 0 atom stereocenters. The molecule has 1 aliphatic rings. The first-order valence-electron chi connectivity index (χ1n) is 6.55. The Labute approximate surface area is 119 Å². The van der Waals surface area contributed by atoms with Gasteiger partial charge in [0.05, 0.1) is 13.2 Å². The summed E-state index contributed by atoms with van der Waals surface area (Å²) in [7, 11) is -0.372. The molecule has 0 spiro atoms. The number of hydrogen-bond acceptors (Lipinski definition) is 4. The van der Waals surface area contributed by atoms with E-state index in [1.807, 2.05) is 18.2 Å². The van der Waals surface area contributed by atoms with Crippen LogP contribution in [0.5, 0.6) is 11.5 Å². The highest BCUT2D eigenvalue weighted by atomic mass is 32.2. The van der Waals surface area contributed by atoms with Crippen molar-refractivity contribution in [1.82, 2.24) is 9.03 Å². The molecule has 0 amide bonds. The standard InChI is InChI=1S/C13H20N2O4S/c1-15(2)20(16,17)14-7-6-11-4-5-12-13(10-11)19-9-3-8-18-12/h4-5,10,14H,3,6-9H2,1-2H3. The molecule has 7 heteroatoms. The molecule has 0 bridgehead atoms. The van der Waals surface area contributed by atoms with E-state index >= 15 is 0 Å². The monoisotopic (exact) mass is 300 g/mol. The third-order valence-corrected chi connectivity index (χ3v) is 4.52. The predicted molar refractivity (Wildman–Crippen MR) is 76.4 cm³/mol. The maximum Gasteiger partial charge on any atom is 0.278 e. The molecule has 112 valence electrons. The summed E-state index contributed by atoms with van der Waals surface area (Å²) in [5, 5.41) is 0. The lowest BCUT2D eigenvalue weighted by molar-refractivity contribution is 0.297. The minimum absolute atomic E-state index is 0.347. The van der Waals surface area contributed by atoms with Crippen LogP contribution in [0.3, 0.4) is 0 Å². The van der Waals surface area contributed by atoms with Crippen LogP contribution in [0.2, 0.25) is 0 Å². The number of nitrogens with one attached hydrogen (secondary N) is 1. The quantitative estimate of drug-likeness (QED) is 0.873. The molecule has 0 radical (unpaired) electrons. The van der Waals surface area contributed by atoms with Gasteiger partial charge in [-0.05, 0) is 24.1 Å². The minimum Gasteiger partial charge on any atom is -0.490 e. The molecular weight excluding hydrogens is 280 g/mol. The van der Waals surface area contributed by atoms with E-state index in [0.717, 1.165) is 27.8 Å². The van der Waals surface area contributed by atoms with Gasteiger partial charge < -0.3 is 9.47 Å². The van der Waals surface area contributed by atoms with E-state index in [9.17, 15) is 8.42 Å². The zero-order chi connectivity index (χ0) is 14.6. The van der Waals surface area contributed by atoms with Crippen molar-refractivity contribution >= 4 is 10.2 Å². The highest BCUT2D eigenvalue weighted by Gasteiger charge is 2.13. The van der Waals surface area contributed by atoms with Crippen molar-refractivity contribution in [3.63, 3.8) is 0 Å². The lowest BCUT2D eigenvalue weighted by Gasteiger charge is -2.13. The van der Waals surface area contributed by atoms with Crippen LogP contribution >= 0.6 is 0 Å². The zero-order valence-corrected chi connectivity index (χ0v) is 12.6. The first kappa shape index (κ1) is 15.1. The normalized spacial score (nSPS) is 15.2. The predicted octanol–water partition coefficient (Wildman–Crippen LogP) is 0.786. The van der Waals surface area contributed by atoms with Crippen LogP contribution in [0, 0.1) is 0 Å². The molecule has 1 heterocycles. The van der Waals surface area contributed by atoms with E-state index in [1.54, 1.807) is 0 Å². The van der Waals surface area contributed by atoms with Crippen LogP contribution in [-0.2, 0) is 16.6 Å². The van der Waals surface area contributed by atoms with Gasteiger partial charge in [-0.1, -0.05) is 6.07 Å². The van der Waals surface area contributed by atoms with Crippen molar-refractivity contribution in [2.45, 2.75) is 12.8 Å². The lowest BCUT2D eigenvalue weighted by atomic mass is 10.1. The number of benzene rings is 1. The Hall–Kier alpha value is -1.31. The van der Waals surface area contributed by atoms with Crippen molar-refractivity contribution in [2.24, 2.45) is 0 Å². The molecular formula is C13H20N2O4S. The molecule has 6 nitrogen and oxygen atoms in total. The van der Waals surface area contributed by atoms with Gasteiger partial charge in [0.15, 0.2) is 11.5 Å². The Bertz CT molecular complexity index is 557. The van der Waals surface area contributed by atoms with Gasteiger partial charge in [0.1, 0.15) is 0 Å². The highest BCUT2D eigenvalue weighted by Crippen LogP contribution is 2.30. The number of nitrogens with zero attached hydrogens (tertiary/aromatic N) is 1. The fourth-order valence-corrected chi connectivity index (χ4v) is 2.43. The van der Waals surface area contributed by atoms with Gasteiger partial charge in [-0.2, -0.15) is 12.7 Å². The average Bonchev–Trinajstić information content (AvgIpc) is 2.63. The summed E-state index contributed by atoms with van der Waals surface area (Å²) in [4.78, 5) is 0. The van der Waals surface area contributed by atoms with Crippen molar-refractivity contribution < 1.29 is 17.9 Å². The fourth-order valence-electron chi connectivity index (χ4n) is 1.82. The van der Waals surface area contributed by atoms with E-state index in [0.29, 0.717) is 26.2 Å². The van der Waals surface area contributed by atoms with Crippen LogP contribution in [0.4, 0.5) is 0 Å². The number of rotatable bonds is 5. The molecule has 0 unspecified atom stereocenters. The summed E-state index contributed by atoms with van der Waals surface area (Å²) in [6.07, 6.45) is 1.47. The third kappa shape index (κ3) is 3.84. The number of fused-ring (bicyclic) bond motifs is 1. The van der Waals surface area contributed by atoms with Gasteiger partial charge in [0.25, 0.3) is 10.2 Å². The van der Waals surface area contributed by atoms with Gasteiger partial charge in [-0.25, -0.2) is 4.72 Å². The molecule has 0 saturated heterocycles. The van der Waals surface area contributed by atoms with Crippen molar-refractivity contribution in [3.05, 3.63) is 23.8 Å². The Morgan fingerprint density at radius 3 is 2.60 bits per heavy atom. The molecule has 1 aromatic rings. The van der Waals surface area contributed by atoms with E-state index in [2.05, 4.69) is 4.72 Å². The topological polar surface area (TPSA) is 67.9 Å². The Morgan fingerprint density at radius 2 is 1.90 bits per heavy atom. The first-order chi connectivity index (χ1) is 9.49. The molecule has 1 aromatic carbocycles. The maximum atomic E-state index is 11.6. The van der Waals surface area contributed by atoms with Gasteiger partial charge >= 0.3 is 0 Å². The summed E-state index contributed by atoms with van der Waals surface area (Å²) >= 11 is 0. The smallest absolute Gasteiger partial charge is 0.278 e. The second-order valence-corrected chi connectivity index (χ2v) is 6.73. The Kier molecular flexibility index (Phi) is 4.85. The molecule has 1 aliphatic heterocycles. The summed E-state index contributed by atoms with van der Waals surface area (Å²) in [5.41, 5.74) is 1.01. The SMILES string of the molecule is CN(C)S(=O)(=O)NCCc1ccc2c(c1)OCCCO2. The second kappa shape index (κ2) is 6.43. The molecule has 0 aromatic heterocycles. The van der Waals surface area contributed by atoms with E-state index in [1.165, 1.54) is 14.1 Å². The molecule has 0 fully saturated rings. The van der Waals surface area contributed by atoms with E-state index < -0.39 is 10.2 Å². The van der Waals surface area contributed by atoms with Crippen molar-refractivity contribution in [1.29, 1.82) is 0 Å². The van der Waals surface area contributed by atoms with Crippen LogP contribution < -0.4 is 14.2 Å². The van der Waals surface area contributed by atoms with Crippen LogP contribution in [0.1, 0.15) is 12.0 Å². The second-order valence-electron chi connectivity index (χ2n) is 4.76. The zero-order valence-electron chi connectivity index (χ0n) is 11.8. The van der Waals surface area contributed by atoms with Crippen LogP contribution in [0.25, 0.3) is 0 Å². The van der Waals surface area contributed by atoms with Gasteiger partial charge in [-0.3, -0.25) is 0 Å². The van der Waals surface area contributed by atoms with Crippen molar-refractivity contribution in [3.8, 4) is 11.5 Å². The number of hydrogen-bond donors (Lipinski definition) is 1. The fraction of sp³-hybridized carbons (Fsp3) is 0.538. The Morgan fingerprint density at radius 1 is 1.20 bits per heavy atom. The average molecular weight is 300 g/mol. The van der Waals surface area contributed by atoms with Gasteiger partial charge in [-0.15, -0.1) is 0 Å². The lowest BCUT2D eigenvalue weighted by Crippen LogP contribution is -2.36. The summed E-state index contributed by atoms with van der Waals surface area (Å²) < 4.78 is 38.0. The largest absolute Gasteiger partial charge is 0.490 e. The first-order valence-corrected chi connectivity index (χ1v) is 7.99. The van der Waals surface area contributed by atoms with Gasteiger partial charge in [0, 0.05) is 27.1 Å². The maximum absolute atomic E-state index is 11.6. The van der Waals surface area contributed by atoms with Crippen LogP contribution in [-0.4, -0.2) is 46.6 Å². The Balaban J connectivity index is 1.96. The molecule has 2 rings (SSSR count). The summed E-state index contributed by atoms with van der Waals surface area (Å²) in [6.45, 7) is 1.65. The van der Waals surface area contributed by atoms with E-state index in [4.69, 9.17) is 9.47 Å². The summed E-state index contributed by atoms with van der Waals surface area (Å²) in [5.74, 6) is 1.48. The third-order valence-electron chi connectivity index (χ3n) is 2.99. The number of ether oxygens (including phenoxy) is 2. The molecule has 1 N–H and O–H groups in total. The van der Waals surface area contributed by atoms with Gasteiger partial charge in [0.2, 0.25) is 0 Å². The molecule has 0 saturated carbocycles.